The minimum absolute atomic E-state index is 0.425. The molecule has 0 aromatic heterocycles. The van der Waals surface area contributed by atoms with E-state index in [0.29, 0.717) is 12.3 Å². The van der Waals surface area contributed by atoms with Crippen LogP contribution in [0, 0.1) is 28.6 Å². The first-order valence-electron chi connectivity index (χ1n) is 5.55. The molecule has 0 aliphatic carbocycles. The van der Waals surface area contributed by atoms with Crippen molar-refractivity contribution in [2.75, 3.05) is 0 Å². The summed E-state index contributed by atoms with van der Waals surface area (Å²) >= 11 is 0. The molecule has 0 N–H and O–H groups in total. The topological polar surface area (TPSA) is 72.3 Å². The van der Waals surface area contributed by atoms with Crippen molar-refractivity contribution in [1.29, 1.82) is 10.5 Å². The fourth-order valence-electron chi connectivity index (χ4n) is 1.19. The summed E-state index contributed by atoms with van der Waals surface area (Å²) in [5, 5.41) is 25.9. The van der Waals surface area contributed by atoms with Crippen LogP contribution in [0.4, 0.5) is 0 Å². The Morgan fingerprint density at radius 3 is 2.06 bits per heavy atom. The Morgan fingerprint density at radius 2 is 1.69 bits per heavy atom. The lowest BCUT2D eigenvalue weighted by Gasteiger charge is -2.20. The van der Waals surface area contributed by atoms with E-state index < -0.39 is 11.1 Å². The standard InChI is InChI=1S/C12H20N4/c1-6-10(2)7-12(5,9-14)16-15-11(3,4)8-13/h10H,6-7H2,1-5H3. The molecule has 0 radical (unpaired) electrons. The van der Waals surface area contributed by atoms with Crippen molar-refractivity contribution in [1.82, 2.24) is 0 Å². The summed E-state index contributed by atoms with van der Waals surface area (Å²) in [6, 6.07) is 4.21. The summed E-state index contributed by atoms with van der Waals surface area (Å²) in [7, 11) is 0. The molecule has 2 atom stereocenters. The van der Waals surface area contributed by atoms with Crippen LogP contribution >= 0.6 is 0 Å². The van der Waals surface area contributed by atoms with Gasteiger partial charge in [0.15, 0.2) is 11.1 Å². The van der Waals surface area contributed by atoms with E-state index in [1.165, 1.54) is 0 Å². The smallest absolute Gasteiger partial charge is 0.165 e. The zero-order valence-electron chi connectivity index (χ0n) is 10.8. The molecule has 0 spiro atoms. The highest BCUT2D eigenvalue weighted by molar-refractivity contribution is 5.06. The average molecular weight is 220 g/mol. The van der Waals surface area contributed by atoms with Gasteiger partial charge in [-0.1, -0.05) is 20.3 Å². The van der Waals surface area contributed by atoms with E-state index in [1.54, 1.807) is 20.8 Å². The lowest BCUT2D eigenvalue weighted by Crippen LogP contribution is -2.24. The third kappa shape index (κ3) is 4.89. The second-order valence-electron chi connectivity index (χ2n) is 4.97. The molecule has 0 saturated heterocycles. The van der Waals surface area contributed by atoms with Gasteiger partial charge in [-0.05, 0) is 33.1 Å². The third-order valence-electron chi connectivity index (χ3n) is 2.48. The van der Waals surface area contributed by atoms with Gasteiger partial charge >= 0.3 is 0 Å². The van der Waals surface area contributed by atoms with Crippen LogP contribution in [0.2, 0.25) is 0 Å². The number of hydrogen-bond acceptors (Lipinski definition) is 4. The molecule has 4 heteroatoms. The average Bonchev–Trinajstić information content (AvgIpc) is 2.26. The molecule has 16 heavy (non-hydrogen) atoms. The van der Waals surface area contributed by atoms with Crippen molar-refractivity contribution in [2.24, 2.45) is 16.1 Å². The van der Waals surface area contributed by atoms with Crippen LogP contribution in [-0.4, -0.2) is 11.1 Å². The summed E-state index contributed by atoms with van der Waals surface area (Å²) in [6.45, 7) is 9.28. The van der Waals surface area contributed by atoms with Gasteiger partial charge in [0.05, 0.1) is 12.1 Å². The normalized spacial score (nSPS) is 17.4. The second kappa shape index (κ2) is 5.61. The molecule has 0 fully saturated rings. The highest BCUT2D eigenvalue weighted by Gasteiger charge is 2.27. The lowest BCUT2D eigenvalue weighted by atomic mass is 9.90. The fourth-order valence-corrected chi connectivity index (χ4v) is 1.19. The molecule has 4 nitrogen and oxygen atoms in total. The molecule has 0 heterocycles. The highest BCUT2D eigenvalue weighted by atomic mass is 15.2. The van der Waals surface area contributed by atoms with E-state index in [0.717, 1.165) is 6.42 Å². The molecule has 0 aromatic rings. The summed E-state index contributed by atoms with van der Waals surface area (Å²) in [5.74, 6) is 0.425. The molecule has 0 rings (SSSR count). The van der Waals surface area contributed by atoms with Crippen LogP contribution in [0.5, 0.6) is 0 Å². The Balaban J connectivity index is 4.76. The van der Waals surface area contributed by atoms with Crippen molar-refractivity contribution in [3.05, 3.63) is 0 Å². The van der Waals surface area contributed by atoms with E-state index in [4.69, 9.17) is 10.5 Å². The van der Waals surface area contributed by atoms with E-state index in [1.807, 2.05) is 6.07 Å². The predicted octanol–water partition coefficient (Wildman–Crippen LogP) is 3.46. The van der Waals surface area contributed by atoms with Crippen LogP contribution in [0.3, 0.4) is 0 Å². The van der Waals surface area contributed by atoms with Crippen LogP contribution in [0.25, 0.3) is 0 Å². The zero-order valence-corrected chi connectivity index (χ0v) is 10.8. The van der Waals surface area contributed by atoms with E-state index in [2.05, 4.69) is 30.1 Å². The van der Waals surface area contributed by atoms with Crippen molar-refractivity contribution in [3.8, 4) is 12.1 Å². The predicted molar refractivity (Wildman–Crippen MR) is 62.6 cm³/mol. The Bertz CT molecular complexity index is 332. The molecular formula is C12H20N4. The van der Waals surface area contributed by atoms with Gasteiger partial charge in [-0.15, -0.1) is 0 Å². The van der Waals surface area contributed by atoms with Crippen LogP contribution in [0.15, 0.2) is 10.2 Å². The Kier molecular flexibility index (Phi) is 5.11. The Morgan fingerprint density at radius 1 is 1.12 bits per heavy atom. The highest BCUT2D eigenvalue weighted by Crippen LogP contribution is 2.24. The first-order chi connectivity index (χ1) is 7.28. The molecule has 2 unspecified atom stereocenters. The molecule has 0 saturated carbocycles. The largest absolute Gasteiger partial charge is 0.196 e. The number of nitrogens with zero attached hydrogens (tertiary/aromatic N) is 4. The van der Waals surface area contributed by atoms with E-state index >= 15 is 0 Å². The van der Waals surface area contributed by atoms with Gasteiger partial charge in [0.2, 0.25) is 0 Å². The minimum atomic E-state index is -0.854. The van der Waals surface area contributed by atoms with E-state index in [9.17, 15) is 0 Å². The zero-order chi connectivity index (χ0) is 12.8. The first kappa shape index (κ1) is 14.6. The molecule has 0 aliphatic heterocycles. The van der Waals surface area contributed by atoms with Gasteiger partial charge in [-0.25, -0.2) is 0 Å². The maximum absolute atomic E-state index is 9.11. The van der Waals surface area contributed by atoms with Crippen molar-refractivity contribution in [3.63, 3.8) is 0 Å². The molecule has 88 valence electrons. The maximum atomic E-state index is 9.11. The van der Waals surface area contributed by atoms with E-state index in [-0.39, 0.29) is 0 Å². The summed E-state index contributed by atoms with van der Waals surface area (Å²) in [4.78, 5) is 0. The van der Waals surface area contributed by atoms with Crippen molar-refractivity contribution >= 4 is 0 Å². The molecule has 0 aromatic carbocycles. The number of azo groups is 1. The SMILES string of the molecule is CCC(C)CC(C)(C#N)N=NC(C)(C)C#N. The van der Waals surface area contributed by atoms with Gasteiger partial charge in [-0.3, -0.25) is 0 Å². The number of rotatable bonds is 5. The fraction of sp³-hybridized carbons (Fsp3) is 0.833. The third-order valence-corrected chi connectivity index (χ3v) is 2.48. The monoisotopic (exact) mass is 220 g/mol. The Hall–Kier alpha value is -1.42. The second-order valence-corrected chi connectivity index (χ2v) is 4.97. The van der Waals surface area contributed by atoms with Crippen LogP contribution in [-0.2, 0) is 0 Å². The van der Waals surface area contributed by atoms with Crippen molar-refractivity contribution < 1.29 is 0 Å². The molecule has 0 aliphatic rings. The first-order valence-corrected chi connectivity index (χ1v) is 5.55. The minimum Gasteiger partial charge on any atom is -0.196 e. The van der Waals surface area contributed by atoms with Gasteiger partial charge in [0.1, 0.15) is 0 Å². The number of nitriles is 2. The number of hydrogen-bond donors (Lipinski definition) is 0. The molecule has 0 bridgehead atoms. The molecular weight excluding hydrogens is 200 g/mol. The van der Waals surface area contributed by atoms with Crippen LogP contribution in [0.1, 0.15) is 47.5 Å². The van der Waals surface area contributed by atoms with Gasteiger partial charge in [0, 0.05) is 0 Å². The summed E-state index contributed by atoms with van der Waals surface area (Å²) in [6.07, 6.45) is 1.68. The maximum Gasteiger partial charge on any atom is 0.165 e. The Labute approximate surface area is 98.0 Å². The summed E-state index contributed by atoms with van der Waals surface area (Å²) in [5.41, 5.74) is -1.67. The van der Waals surface area contributed by atoms with Crippen molar-refractivity contribution in [2.45, 2.75) is 58.5 Å². The molecule has 0 amide bonds. The lowest BCUT2D eigenvalue weighted by molar-refractivity contribution is 0.391. The van der Waals surface area contributed by atoms with Gasteiger partial charge < -0.3 is 0 Å². The summed E-state index contributed by atoms with van der Waals surface area (Å²) < 4.78 is 0. The van der Waals surface area contributed by atoms with Gasteiger partial charge in [-0.2, -0.15) is 20.8 Å². The van der Waals surface area contributed by atoms with Gasteiger partial charge in [0.25, 0.3) is 0 Å². The van der Waals surface area contributed by atoms with Crippen LogP contribution < -0.4 is 0 Å². The quantitative estimate of drug-likeness (QED) is 0.665.